The van der Waals surface area contributed by atoms with Crippen LogP contribution in [0, 0.1) is 11.7 Å². The minimum atomic E-state index is -1.19. The number of benzene rings is 1. The molecule has 1 heterocycles. The summed E-state index contributed by atoms with van der Waals surface area (Å²) >= 11 is 3.64. The Morgan fingerprint density at radius 2 is 2.19 bits per heavy atom. The van der Waals surface area contributed by atoms with Gasteiger partial charge in [-0.1, -0.05) is 34.8 Å². The summed E-state index contributed by atoms with van der Waals surface area (Å²) in [6.45, 7) is 0.122. The predicted molar refractivity (Wildman–Crippen MR) is 103 cm³/mol. The number of hydrogen-bond acceptors (Lipinski definition) is 3. The van der Waals surface area contributed by atoms with E-state index in [0.717, 1.165) is 29.2 Å². The van der Waals surface area contributed by atoms with Gasteiger partial charge >= 0.3 is 6.09 Å². The number of nitrogens with zero attached hydrogens (tertiary/aromatic N) is 1. The van der Waals surface area contributed by atoms with Crippen LogP contribution in [-0.4, -0.2) is 47.8 Å². The Hall–Kier alpha value is -1.67. The lowest BCUT2D eigenvalue weighted by molar-refractivity contribution is -0.120. The van der Waals surface area contributed by atoms with Crippen LogP contribution < -0.4 is 5.32 Å². The Morgan fingerprint density at radius 1 is 1.44 bits per heavy atom. The van der Waals surface area contributed by atoms with Gasteiger partial charge in [-0.2, -0.15) is 0 Å². The zero-order valence-electron chi connectivity index (χ0n) is 15.2. The Morgan fingerprint density at radius 3 is 2.81 bits per heavy atom. The highest BCUT2D eigenvalue weighted by Crippen LogP contribution is 2.39. The number of hydrogen-bond donors (Lipinski definition) is 2. The van der Waals surface area contributed by atoms with E-state index in [9.17, 15) is 19.1 Å². The van der Waals surface area contributed by atoms with Crippen LogP contribution in [0.15, 0.2) is 18.2 Å². The number of rotatable bonds is 7. The third kappa shape index (κ3) is 4.99. The summed E-state index contributed by atoms with van der Waals surface area (Å²) in [5.74, 6) is -0.281. The maximum atomic E-state index is 14.2. The van der Waals surface area contributed by atoms with Crippen LogP contribution in [0.2, 0.25) is 0 Å². The van der Waals surface area contributed by atoms with Crippen molar-refractivity contribution < 1.29 is 23.8 Å². The van der Waals surface area contributed by atoms with Crippen LogP contribution >= 0.6 is 15.9 Å². The van der Waals surface area contributed by atoms with Crippen molar-refractivity contribution in [3.63, 3.8) is 0 Å². The lowest BCUT2D eigenvalue weighted by Gasteiger charge is -2.21. The summed E-state index contributed by atoms with van der Waals surface area (Å²) in [6, 6.07) is 3.76. The molecular formula is C19H24BrFN2O4. The second-order valence-corrected chi connectivity index (χ2v) is 8.37. The Kier molecular flexibility index (Phi) is 6.37. The second-order valence-electron chi connectivity index (χ2n) is 7.26. The summed E-state index contributed by atoms with van der Waals surface area (Å²) in [5.41, 5.74) is 0.961. The first-order valence-electron chi connectivity index (χ1n) is 9.15. The van der Waals surface area contributed by atoms with E-state index in [-0.39, 0.29) is 29.6 Å². The van der Waals surface area contributed by atoms with Crippen LogP contribution in [-0.2, 0) is 9.53 Å². The molecule has 148 valence electrons. The molecule has 2 amide bonds. The fourth-order valence-electron chi connectivity index (χ4n) is 3.43. The number of carboxylic acid groups (broad SMARTS) is 1. The van der Waals surface area contributed by atoms with Gasteiger partial charge in [-0.25, -0.2) is 9.18 Å². The lowest BCUT2D eigenvalue weighted by Crippen LogP contribution is -2.42. The van der Waals surface area contributed by atoms with Gasteiger partial charge in [-0.15, -0.1) is 0 Å². The summed E-state index contributed by atoms with van der Waals surface area (Å²) in [7, 11) is 1.48. The maximum Gasteiger partial charge on any atom is 0.408 e. The van der Waals surface area contributed by atoms with Gasteiger partial charge in [0.25, 0.3) is 0 Å². The first-order chi connectivity index (χ1) is 12.9. The molecule has 0 spiro atoms. The molecule has 1 saturated carbocycles. The van der Waals surface area contributed by atoms with Crippen LogP contribution in [0.1, 0.15) is 42.5 Å². The second kappa shape index (κ2) is 8.56. The van der Waals surface area contributed by atoms with Crippen LogP contribution in [0.5, 0.6) is 0 Å². The van der Waals surface area contributed by atoms with Crippen LogP contribution in [0.4, 0.5) is 14.9 Å². The molecule has 8 heteroatoms. The van der Waals surface area contributed by atoms with Crippen molar-refractivity contribution in [3.8, 4) is 0 Å². The molecule has 2 N–H and O–H groups in total. The van der Waals surface area contributed by atoms with E-state index in [4.69, 9.17) is 4.74 Å². The van der Waals surface area contributed by atoms with Gasteiger partial charge in [-0.05, 0) is 36.5 Å². The van der Waals surface area contributed by atoms with Gasteiger partial charge in [-0.3, -0.25) is 9.69 Å². The third-order valence-electron chi connectivity index (χ3n) is 5.28. The summed E-state index contributed by atoms with van der Waals surface area (Å²) in [4.78, 5) is 25.1. The number of carbonyl (C=O) groups excluding carboxylic acids is 1. The van der Waals surface area contributed by atoms with E-state index in [1.807, 2.05) is 0 Å². The van der Waals surface area contributed by atoms with E-state index in [2.05, 4.69) is 21.2 Å². The molecule has 27 heavy (non-hydrogen) atoms. The molecule has 1 aromatic rings. The van der Waals surface area contributed by atoms with Gasteiger partial charge in [0.1, 0.15) is 11.9 Å². The molecule has 1 unspecified atom stereocenters. The van der Waals surface area contributed by atoms with Crippen molar-refractivity contribution in [2.45, 2.75) is 49.1 Å². The monoisotopic (exact) mass is 442 g/mol. The van der Waals surface area contributed by atoms with E-state index < -0.39 is 23.9 Å². The van der Waals surface area contributed by atoms with Gasteiger partial charge in [0.2, 0.25) is 5.91 Å². The zero-order chi connectivity index (χ0) is 19.6. The first-order valence-corrected chi connectivity index (χ1v) is 10.1. The Bertz CT molecular complexity index is 713. The van der Waals surface area contributed by atoms with E-state index in [1.165, 1.54) is 26.0 Å². The average molecular weight is 443 g/mol. The largest absolute Gasteiger partial charge is 0.465 e. The Balaban J connectivity index is 1.69. The quantitative estimate of drug-likeness (QED) is 0.621. The molecule has 1 aromatic carbocycles. The number of halogens is 2. The standard InChI is InChI=1S/C19H24BrFN2O4/c1-27-13-9-17(23(10-13)19(25)26)18(24)22-16-8-12(5-7-15(16)21)14(20)6-4-11-2-3-11/h5,7-8,11,13-14,17H,2-4,6,9-10H2,1H3,(H,22,24)(H,25,26)/t13-,14?,17-/m1/s1. The number of methoxy groups -OCH3 is 1. The molecule has 0 radical (unpaired) electrons. The summed E-state index contributed by atoms with van der Waals surface area (Å²) < 4.78 is 19.4. The normalized spacial score (nSPS) is 23.3. The van der Waals surface area contributed by atoms with Crippen molar-refractivity contribution in [2.24, 2.45) is 5.92 Å². The van der Waals surface area contributed by atoms with Crippen molar-refractivity contribution in [1.82, 2.24) is 4.90 Å². The highest BCUT2D eigenvalue weighted by atomic mass is 79.9. The molecule has 3 rings (SSSR count). The molecule has 3 atom stereocenters. The van der Waals surface area contributed by atoms with E-state index in [0.29, 0.717) is 0 Å². The SMILES string of the molecule is CO[C@@H]1C[C@H](C(=O)Nc2cc(C(Br)CCC3CC3)ccc2F)N(C(=O)O)C1. The smallest absolute Gasteiger partial charge is 0.408 e. The number of anilines is 1. The van der Waals surface area contributed by atoms with Crippen molar-refractivity contribution in [2.75, 3.05) is 19.0 Å². The Labute approximate surface area is 166 Å². The average Bonchev–Trinajstić information content (AvgIpc) is 3.36. The van der Waals surface area contributed by atoms with Gasteiger partial charge in [0, 0.05) is 18.4 Å². The van der Waals surface area contributed by atoms with E-state index in [1.54, 1.807) is 12.1 Å². The topological polar surface area (TPSA) is 78.9 Å². The molecule has 1 aliphatic carbocycles. The summed E-state index contributed by atoms with van der Waals surface area (Å²) in [5, 5.41) is 11.9. The van der Waals surface area contributed by atoms with Crippen molar-refractivity contribution in [3.05, 3.63) is 29.6 Å². The minimum Gasteiger partial charge on any atom is -0.465 e. The van der Waals surface area contributed by atoms with Gasteiger partial charge in [0.15, 0.2) is 0 Å². The fourth-order valence-corrected chi connectivity index (χ4v) is 3.98. The number of carbonyl (C=O) groups is 2. The fraction of sp³-hybridized carbons (Fsp3) is 0.579. The number of ether oxygens (including phenoxy) is 1. The molecule has 2 fully saturated rings. The number of likely N-dealkylation sites (tertiary alicyclic amines) is 1. The molecule has 1 saturated heterocycles. The van der Waals surface area contributed by atoms with Crippen LogP contribution in [0.3, 0.4) is 0 Å². The molecule has 0 aromatic heterocycles. The van der Waals surface area contributed by atoms with Crippen LogP contribution in [0.25, 0.3) is 0 Å². The van der Waals surface area contributed by atoms with Crippen molar-refractivity contribution in [1.29, 1.82) is 0 Å². The number of nitrogens with one attached hydrogen (secondary N) is 1. The minimum absolute atomic E-state index is 0.0691. The van der Waals surface area contributed by atoms with Crippen molar-refractivity contribution >= 4 is 33.6 Å². The van der Waals surface area contributed by atoms with Gasteiger partial charge in [0.05, 0.1) is 18.3 Å². The number of amides is 2. The first kappa shape index (κ1) is 20.1. The highest BCUT2D eigenvalue weighted by molar-refractivity contribution is 9.09. The predicted octanol–water partition coefficient (Wildman–Crippen LogP) is 4.16. The molecule has 0 bridgehead atoms. The molecule has 1 aliphatic heterocycles. The molecular weight excluding hydrogens is 419 g/mol. The lowest BCUT2D eigenvalue weighted by atomic mass is 10.1. The molecule has 2 aliphatic rings. The highest BCUT2D eigenvalue weighted by Gasteiger charge is 2.40. The third-order valence-corrected chi connectivity index (χ3v) is 6.27. The molecule has 6 nitrogen and oxygen atoms in total. The summed E-state index contributed by atoms with van der Waals surface area (Å²) in [6.07, 6.45) is 3.37. The zero-order valence-corrected chi connectivity index (χ0v) is 16.7. The number of alkyl halides is 1. The van der Waals surface area contributed by atoms with E-state index >= 15 is 0 Å². The maximum absolute atomic E-state index is 14.2. The van der Waals surface area contributed by atoms with Gasteiger partial charge < -0.3 is 15.2 Å².